The zero-order valence-electron chi connectivity index (χ0n) is 11.5. The molecule has 2 aromatic carbocycles. The Kier molecular flexibility index (Phi) is 3.68. The molecule has 20 heavy (non-hydrogen) atoms. The van der Waals surface area contributed by atoms with Crippen molar-refractivity contribution in [2.24, 2.45) is 5.73 Å². The summed E-state index contributed by atoms with van der Waals surface area (Å²) in [6.07, 6.45) is 0. The zero-order valence-corrected chi connectivity index (χ0v) is 13.1. The largest absolute Gasteiger partial charge is 0.371 e. The Bertz CT molecular complexity index is 627. The van der Waals surface area contributed by atoms with E-state index >= 15 is 0 Å². The van der Waals surface area contributed by atoms with Gasteiger partial charge in [0.15, 0.2) is 0 Å². The van der Waals surface area contributed by atoms with E-state index in [-0.39, 0.29) is 0 Å². The van der Waals surface area contributed by atoms with Crippen molar-refractivity contribution >= 4 is 33.0 Å². The van der Waals surface area contributed by atoms with Crippen molar-refractivity contribution in [1.82, 2.24) is 0 Å². The van der Waals surface area contributed by atoms with Gasteiger partial charge in [-0.25, -0.2) is 0 Å². The average Bonchev–Trinajstić information content (AvgIpc) is 2.48. The first-order chi connectivity index (χ1) is 9.70. The summed E-state index contributed by atoms with van der Waals surface area (Å²) in [5.74, 6) is 0. The number of halogens is 1. The Labute approximate surface area is 128 Å². The summed E-state index contributed by atoms with van der Waals surface area (Å²) in [5.41, 5.74) is 10.8. The van der Waals surface area contributed by atoms with E-state index in [2.05, 4.69) is 75.2 Å². The fourth-order valence-corrected chi connectivity index (χ4v) is 3.15. The predicted molar refractivity (Wildman–Crippen MR) is 88.8 cm³/mol. The van der Waals surface area contributed by atoms with E-state index in [0.717, 1.165) is 17.6 Å². The third-order valence-corrected chi connectivity index (χ3v) is 4.29. The van der Waals surface area contributed by atoms with E-state index in [1.54, 1.807) is 0 Å². The van der Waals surface area contributed by atoms with Gasteiger partial charge in [0, 0.05) is 36.8 Å². The third kappa shape index (κ3) is 2.30. The summed E-state index contributed by atoms with van der Waals surface area (Å²) < 4.78 is 1.07. The highest BCUT2D eigenvalue weighted by atomic mass is 79.9. The number of benzene rings is 2. The van der Waals surface area contributed by atoms with E-state index in [1.165, 1.54) is 22.6 Å². The summed E-state index contributed by atoms with van der Waals surface area (Å²) in [7, 11) is 2.14. The summed E-state index contributed by atoms with van der Waals surface area (Å²) in [6, 6.07) is 14.9. The van der Waals surface area contributed by atoms with Gasteiger partial charge in [0.2, 0.25) is 0 Å². The predicted octanol–water partition coefficient (Wildman–Crippen LogP) is 3.50. The van der Waals surface area contributed by atoms with Gasteiger partial charge in [-0.15, -0.1) is 0 Å². The first-order valence-corrected chi connectivity index (χ1v) is 7.56. The lowest BCUT2D eigenvalue weighted by Crippen LogP contribution is -2.36. The average molecular weight is 332 g/mol. The molecule has 1 heterocycles. The van der Waals surface area contributed by atoms with Crippen molar-refractivity contribution in [3.8, 4) is 0 Å². The zero-order chi connectivity index (χ0) is 14.1. The van der Waals surface area contributed by atoms with Crippen molar-refractivity contribution in [1.29, 1.82) is 0 Å². The van der Waals surface area contributed by atoms with Gasteiger partial charge < -0.3 is 15.5 Å². The first-order valence-electron chi connectivity index (χ1n) is 6.77. The van der Waals surface area contributed by atoms with Crippen molar-refractivity contribution in [2.75, 3.05) is 29.9 Å². The standard InChI is InChI=1S/C16H18BrN3/c1-19-8-9-20(16-5-3-2-4-15(16)19)14-7-6-13(17)10-12(14)11-18/h2-7,10H,8-9,11,18H2,1H3. The molecule has 0 saturated heterocycles. The maximum Gasteiger partial charge on any atom is 0.0649 e. The second-order valence-electron chi connectivity index (χ2n) is 5.04. The van der Waals surface area contributed by atoms with Crippen LogP contribution in [-0.2, 0) is 6.54 Å². The van der Waals surface area contributed by atoms with Crippen molar-refractivity contribution < 1.29 is 0 Å². The lowest BCUT2D eigenvalue weighted by atomic mass is 10.1. The molecule has 0 aromatic heterocycles. The minimum atomic E-state index is 0.545. The van der Waals surface area contributed by atoms with Crippen LogP contribution >= 0.6 is 15.9 Å². The molecule has 3 nitrogen and oxygen atoms in total. The molecule has 3 rings (SSSR count). The van der Waals surface area contributed by atoms with Crippen LogP contribution in [-0.4, -0.2) is 20.1 Å². The molecule has 0 amide bonds. The smallest absolute Gasteiger partial charge is 0.0649 e. The van der Waals surface area contributed by atoms with Gasteiger partial charge in [-0.05, 0) is 35.9 Å². The Hall–Kier alpha value is -1.52. The Balaban J connectivity index is 2.10. The maximum atomic E-state index is 5.92. The molecule has 4 heteroatoms. The van der Waals surface area contributed by atoms with Gasteiger partial charge in [0.1, 0.15) is 0 Å². The van der Waals surface area contributed by atoms with Crippen LogP contribution in [0, 0.1) is 0 Å². The SMILES string of the molecule is CN1CCN(c2ccc(Br)cc2CN)c2ccccc21. The van der Waals surface area contributed by atoms with Crippen LogP contribution in [0.15, 0.2) is 46.9 Å². The van der Waals surface area contributed by atoms with E-state index in [0.29, 0.717) is 6.54 Å². The van der Waals surface area contributed by atoms with Gasteiger partial charge in [0.05, 0.1) is 11.4 Å². The van der Waals surface area contributed by atoms with Crippen LogP contribution in [0.4, 0.5) is 17.1 Å². The highest BCUT2D eigenvalue weighted by molar-refractivity contribution is 9.10. The molecular formula is C16H18BrN3. The number of hydrogen-bond donors (Lipinski definition) is 1. The molecule has 0 bridgehead atoms. The molecule has 0 fully saturated rings. The minimum absolute atomic E-state index is 0.545. The fourth-order valence-electron chi connectivity index (χ4n) is 2.74. The second kappa shape index (κ2) is 5.46. The number of para-hydroxylation sites is 2. The Morgan fingerprint density at radius 1 is 1.05 bits per heavy atom. The monoisotopic (exact) mass is 331 g/mol. The fraction of sp³-hybridized carbons (Fsp3) is 0.250. The molecule has 0 spiro atoms. The summed E-state index contributed by atoms with van der Waals surface area (Å²) in [4.78, 5) is 4.66. The molecule has 104 valence electrons. The summed E-state index contributed by atoms with van der Waals surface area (Å²) in [5, 5.41) is 0. The second-order valence-corrected chi connectivity index (χ2v) is 5.95. The molecule has 0 saturated carbocycles. The van der Waals surface area contributed by atoms with Gasteiger partial charge in [0.25, 0.3) is 0 Å². The number of nitrogens with two attached hydrogens (primary N) is 1. The maximum absolute atomic E-state index is 5.92. The van der Waals surface area contributed by atoms with Crippen LogP contribution < -0.4 is 15.5 Å². The molecule has 2 aromatic rings. The quantitative estimate of drug-likeness (QED) is 0.914. The van der Waals surface area contributed by atoms with E-state index in [9.17, 15) is 0 Å². The van der Waals surface area contributed by atoms with Crippen molar-refractivity contribution in [3.05, 3.63) is 52.5 Å². The van der Waals surface area contributed by atoms with Gasteiger partial charge >= 0.3 is 0 Å². The van der Waals surface area contributed by atoms with E-state index in [4.69, 9.17) is 5.73 Å². The highest BCUT2D eigenvalue weighted by Crippen LogP contribution is 2.38. The van der Waals surface area contributed by atoms with Gasteiger partial charge in [-0.3, -0.25) is 0 Å². The summed E-state index contributed by atoms with van der Waals surface area (Å²) in [6.45, 7) is 2.53. The third-order valence-electron chi connectivity index (χ3n) is 3.80. The molecule has 2 N–H and O–H groups in total. The van der Waals surface area contributed by atoms with Crippen LogP contribution in [0.3, 0.4) is 0 Å². The number of anilines is 3. The van der Waals surface area contributed by atoms with E-state index < -0.39 is 0 Å². The molecule has 1 aliphatic heterocycles. The topological polar surface area (TPSA) is 32.5 Å². The minimum Gasteiger partial charge on any atom is -0.371 e. The van der Waals surface area contributed by atoms with Crippen molar-refractivity contribution in [3.63, 3.8) is 0 Å². The van der Waals surface area contributed by atoms with Gasteiger partial charge in [-0.2, -0.15) is 0 Å². The lowest BCUT2D eigenvalue weighted by molar-refractivity contribution is 0.817. The van der Waals surface area contributed by atoms with Gasteiger partial charge in [-0.1, -0.05) is 28.1 Å². The Morgan fingerprint density at radius 2 is 1.80 bits per heavy atom. The molecule has 0 aliphatic carbocycles. The number of hydrogen-bond acceptors (Lipinski definition) is 3. The normalized spacial score (nSPS) is 14.3. The van der Waals surface area contributed by atoms with Crippen LogP contribution in [0.25, 0.3) is 0 Å². The highest BCUT2D eigenvalue weighted by Gasteiger charge is 2.22. The first kappa shape index (κ1) is 13.5. The van der Waals surface area contributed by atoms with Crippen LogP contribution in [0.2, 0.25) is 0 Å². The van der Waals surface area contributed by atoms with Crippen LogP contribution in [0.5, 0.6) is 0 Å². The molecule has 0 atom stereocenters. The number of rotatable bonds is 2. The number of nitrogens with zero attached hydrogens (tertiary/aromatic N) is 2. The molecule has 1 aliphatic rings. The van der Waals surface area contributed by atoms with Crippen LogP contribution in [0.1, 0.15) is 5.56 Å². The molecule has 0 radical (unpaired) electrons. The molecular weight excluding hydrogens is 314 g/mol. The summed E-state index contributed by atoms with van der Waals surface area (Å²) >= 11 is 3.52. The van der Waals surface area contributed by atoms with Crippen molar-refractivity contribution in [2.45, 2.75) is 6.54 Å². The number of fused-ring (bicyclic) bond motifs is 1. The lowest BCUT2D eigenvalue weighted by Gasteiger charge is -2.37. The number of likely N-dealkylation sites (N-methyl/N-ethyl adjacent to an activating group) is 1. The van der Waals surface area contributed by atoms with E-state index in [1.807, 2.05) is 0 Å². The molecule has 0 unspecified atom stereocenters. The Morgan fingerprint density at radius 3 is 2.55 bits per heavy atom.